The summed E-state index contributed by atoms with van der Waals surface area (Å²) in [6.45, 7) is 5.15. The summed E-state index contributed by atoms with van der Waals surface area (Å²) in [6, 6.07) is 13.0. The van der Waals surface area contributed by atoms with Gasteiger partial charge < -0.3 is 24.3 Å². The zero-order chi connectivity index (χ0) is 23.2. The fourth-order valence-corrected chi connectivity index (χ4v) is 2.77. The van der Waals surface area contributed by atoms with Gasteiger partial charge >= 0.3 is 5.97 Å². The first-order valence-corrected chi connectivity index (χ1v) is 10.7. The molecule has 7 heteroatoms. The number of nitrogens with one attached hydrogen (secondary N) is 1. The number of hydrogen-bond acceptors (Lipinski definition) is 6. The van der Waals surface area contributed by atoms with E-state index in [2.05, 4.69) is 5.32 Å². The van der Waals surface area contributed by atoms with Crippen LogP contribution in [-0.2, 0) is 20.7 Å². The molecule has 0 saturated carbocycles. The third-order valence-electron chi connectivity index (χ3n) is 4.38. The second kappa shape index (κ2) is 13.7. The van der Waals surface area contributed by atoms with Crippen LogP contribution in [0.3, 0.4) is 0 Å². The molecule has 0 saturated heterocycles. The van der Waals surface area contributed by atoms with Gasteiger partial charge in [-0.05, 0) is 61.2 Å². The summed E-state index contributed by atoms with van der Waals surface area (Å²) in [6.07, 6.45) is 4.45. The third-order valence-corrected chi connectivity index (χ3v) is 4.38. The first-order chi connectivity index (χ1) is 15.5. The van der Waals surface area contributed by atoms with Crippen molar-refractivity contribution in [2.45, 2.75) is 26.7 Å². The van der Waals surface area contributed by atoms with Gasteiger partial charge in [-0.15, -0.1) is 0 Å². The van der Waals surface area contributed by atoms with Gasteiger partial charge in [0.2, 0.25) is 0 Å². The molecule has 0 heterocycles. The van der Waals surface area contributed by atoms with Crippen molar-refractivity contribution in [3.63, 3.8) is 0 Å². The summed E-state index contributed by atoms with van der Waals surface area (Å²) >= 11 is 0. The summed E-state index contributed by atoms with van der Waals surface area (Å²) < 4.78 is 21.4. The largest absolute Gasteiger partial charge is 0.497 e. The Morgan fingerprint density at radius 3 is 2.47 bits per heavy atom. The topological polar surface area (TPSA) is 83.1 Å². The Hall–Kier alpha value is -3.48. The summed E-state index contributed by atoms with van der Waals surface area (Å²) in [7, 11) is 1.61. The van der Waals surface area contributed by atoms with E-state index < -0.39 is 5.97 Å². The zero-order valence-electron chi connectivity index (χ0n) is 18.9. The number of esters is 1. The minimum Gasteiger partial charge on any atom is -0.497 e. The highest BCUT2D eigenvalue weighted by Crippen LogP contribution is 2.29. The summed E-state index contributed by atoms with van der Waals surface area (Å²) in [5, 5.41) is 2.73. The van der Waals surface area contributed by atoms with Crippen LogP contribution in [0.2, 0.25) is 0 Å². The van der Waals surface area contributed by atoms with Crippen molar-refractivity contribution in [2.75, 3.05) is 33.5 Å². The van der Waals surface area contributed by atoms with E-state index in [0.717, 1.165) is 23.3 Å². The van der Waals surface area contributed by atoms with Crippen LogP contribution in [0.1, 0.15) is 31.4 Å². The fourth-order valence-electron chi connectivity index (χ4n) is 2.77. The Labute approximate surface area is 189 Å². The maximum Gasteiger partial charge on any atom is 0.331 e. The van der Waals surface area contributed by atoms with Crippen molar-refractivity contribution in [2.24, 2.45) is 0 Å². The molecular weight excluding hydrogens is 410 g/mol. The monoisotopic (exact) mass is 441 g/mol. The molecule has 32 heavy (non-hydrogen) atoms. The van der Waals surface area contributed by atoms with Crippen LogP contribution in [0.25, 0.3) is 6.08 Å². The van der Waals surface area contributed by atoms with Gasteiger partial charge in [-0.2, -0.15) is 0 Å². The minimum atomic E-state index is -0.598. The van der Waals surface area contributed by atoms with Crippen LogP contribution < -0.4 is 19.5 Å². The highest BCUT2D eigenvalue weighted by atomic mass is 16.5. The number of amides is 1. The average molecular weight is 442 g/mol. The maximum atomic E-state index is 11.9. The molecule has 0 spiro atoms. The molecular formula is C25H31NO6. The van der Waals surface area contributed by atoms with Crippen LogP contribution >= 0.6 is 0 Å². The van der Waals surface area contributed by atoms with Gasteiger partial charge in [-0.25, -0.2) is 4.79 Å². The number of carbonyl (C=O) groups is 2. The number of ether oxygens (including phenoxy) is 4. The molecule has 0 aromatic heterocycles. The molecule has 0 bridgehead atoms. The molecule has 7 nitrogen and oxygen atoms in total. The Morgan fingerprint density at radius 1 is 1.00 bits per heavy atom. The maximum absolute atomic E-state index is 11.9. The van der Waals surface area contributed by atoms with E-state index in [1.807, 2.05) is 50.2 Å². The molecule has 0 unspecified atom stereocenters. The van der Waals surface area contributed by atoms with Gasteiger partial charge in [0, 0.05) is 12.6 Å². The molecule has 0 radical (unpaired) electrons. The van der Waals surface area contributed by atoms with Gasteiger partial charge in [0.25, 0.3) is 5.91 Å². The fraction of sp³-hybridized carbons (Fsp3) is 0.360. The summed E-state index contributed by atoms with van der Waals surface area (Å²) in [5.41, 5.74) is 1.83. The van der Waals surface area contributed by atoms with Crippen LogP contribution in [0, 0.1) is 0 Å². The van der Waals surface area contributed by atoms with Gasteiger partial charge in [0.1, 0.15) is 5.75 Å². The number of methoxy groups -OCH3 is 1. The minimum absolute atomic E-state index is 0.334. The Kier molecular flexibility index (Phi) is 10.6. The van der Waals surface area contributed by atoms with Crippen LogP contribution in [0.4, 0.5) is 0 Å². The lowest BCUT2D eigenvalue weighted by Crippen LogP contribution is -2.30. The normalized spacial score (nSPS) is 10.6. The number of hydrogen-bond donors (Lipinski definition) is 1. The average Bonchev–Trinajstić information content (AvgIpc) is 2.81. The van der Waals surface area contributed by atoms with Gasteiger partial charge in [0.15, 0.2) is 18.1 Å². The number of rotatable bonds is 13. The summed E-state index contributed by atoms with van der Waals surface area (Å²) in [4.78, 5) is 23.8. The van der Waals surface area contributed by atoms with Gasteiger partial charge in [-0.1, -0.05) is 25.1 Å². The lowest BCUT2D eigenvalue weighted by molar-refractivity contribution is -0.143. The molecule has 0 aliphatic rings. The molecule has 0 atom stereocenters. The molecule has 172 valence electrons. The highest BCUT2D eigenvalue weighted by Gasteiger charge is 2.07. The second-order valence-corrected chi connectivity index (χ2v) is 6.88. The van der Waals surface area contributed by atoms with Crippen molar-refractivity contribution in [3.8, 4) is 17.2 Å². The molecule has 0 aliphatic carbocycles. The lowest BCUT2D eigenvalue weighted by Gasteiger charge is -2.12. The van der Waals surface area contributed by atoms with Crippen LogP contribution in [-0.4, -0.2) is 45.4 Å². The van der Waals surface area contributed by atoms with E-state index in [1.165, 1.54) is 6.08 Å². The first kappa shape index (κ1) is 24.8. The lowest BCUT2D eigenvalue weighted by atomic mass is 10.1. The van der Waals surface area contributed by atoms with Crippen molar-refractivity contribution in [1.82, 2.24) is 5.32 Å². The third kappa shape index (κ3) is 8.71. The molecule has 2 aromatic carbocycles. The van der Waals surface area contributed by atoms with Crippen molar-refractivity contribution < 1.29 is 28.5 Å². The SMILES string of the molecule is CCCOc1ccc(/C=C/C(=O)OCC(=O)NCCc2ccc(OC)cc2)cc1OCC. The molecule has 2 aromatic rings. The summed E-state index contributed by atoms with van der Waals surface area (Å²) in [5.74, 6) is 1.12. The van der Waals surface area contributed by atoms with E-state index in [4.69, 9.17) is 18.9 Å². The van der Waals surface area contributed by atoms with Crippen molar-refractivity contribution >= 4 is 18.0 Å². The highest BCUT2D eigenvalue weighted by molar-refractivity contribution is 5.89. The zero-order valence-corrected chi connectivity index (χ0v) is 18.9. The standard InChI is InChI=1S/C25H31NO6/c1-4-16-31-22-12-8-20(17-23(22)30-5-2)9-13-25(28)32-18-24(27)26-15-14-19-6-10-21(29-3)11-7-19/h6-13,17H,4-5,14-16,18H2,1-3H3,(H,26,27)/b13-9+. The smallest absolute Gasteiger partial charge is 0.331 e. The number of benzene rings is 2. The first-order valence-electron chi connectivity index (χ1n) is 10.7. The Balaban J connectivity index is 1.76. The van der Waals surface area contributed by atoms with Crippen molar-refractivity contribution in [3.05, 3.63) is 59.7 Å². The van der Waals surface area contributed by atoms with E-state index in [-0.39, 0.29) is 12.5 Å². The van der Waals surface area contributed by atoms with Crippen molar-refractivity contribution in [1.29, 1.82) is 0 Å². The van der Waals surface area contributed by atoms with E-state index in [0.29, 0.717) is 37.7 Å². The molecule has 2 rings (SSSR count). The van der Waals surface area contributed by atoms with E-state index >= 15 is 0 Å². The van der Waals surface area contributed by atoms with Crippen LogP contribution in [0.15, 0.2) is 48.5 Å². The molecule has 1 amide bonds. The predicted octanol–water partition coefficient (Wildman–Crippen LogP) is 3.80. The molecule has 0 fully saturated rings. The quantitative estimate of drug-likeness (QED) is 0.376. The molecule has 1 N–H and O–H groups in total. The Morgan fingerprint density at radius 2 is 1.78 bits per heavy atom. The van der Waals surface area contributed by atoms with E-state index in [1.54, 1.807) is 19.3 Å². The Bertz CT molecular complexity index is 892. The second-order valence-electron chi connectivity index (χ2n) is 6.88. The van der Waals surface area contributed by atoms with Crippen LogP contribution in [0.5, 0.6) is 17.2 Å². The van der Waals surface area contributed by atoms with Gasteiger partial charge in [-0.3, -0.25) is 4.79 Å². The predicted molar refractivity (Wildman–Crippen MR) is 123 cm³/mol. The van der Waals surface area contributed by atoms with Gasteiger partial charge in [0.05, 0.1) is 20.3 Å². The molecule has 0 aliphatic heterocycles. The number of carbonyl (C=O) groups excluding carboxylic acids is 2. The van der Waals surface area contributed by atoms with E-state index in [9.17, 15) is 9.59 Å².